The van der Waals surface area contributed by atoms with E-state index in [9.17, 15) is 0 Å². The summed E-state index contributed by atoms with van der Waals surface area (Å²) < 4.78 is 0. The van der Waals surface area contributed by atoms with Gasteiger partial charge >= 0.3 is 0 Å². The Balaban J connectivity index is 1.15. The highest BCUT2D eigenvalue weighted by molar-refractivity contribution is 5.81. The summed E-state index contributed by atoms with van der Waals surface area (Å²) in [7, 11) is 0. The lowest BCUT2D eigenvalue weighted by atomic mass is 10.0. The molecule has 4 N–H and O–H groups in total. The smallest absolute Gasteiger partial charge is 0.123 e. The van der Waals surface area contributed by atoms with Crippen molar-refractivity contribution in [2.75, 3.05) is 13.1 Å². The van der Waals surface area contributed by atoms with Crippen LogP contribution in [-0.2, 0) is 6.42 Å². The number of rotatable bonds is 4. The van der Waals surface area contributed by atoms with Gasteiger partial charge < -0.3 is 20.6 Å². The predicted molar refractivity (Wildman–Crippen MR) is 130 cm³/mol. The molecule has 1 aliphatic carbocycles. The van der Waals surface area contributed by atoms with Crippen molar-refractivity contribution in [1.29, 1.82) is 0 Å². The van der Waals surface area contributed by atoms with Crippen molar-refractivity contribution in [3.05, 3.63) is 71.6 Å². The number of H-pyrrole nitrogens is 2. The van der Waals surface area contributed by atoms with E-state index in [1.54, 1.807) is 0 Å². The average Bonchev–Trinajstić information content (AvgIpc) is 3.68. The van der Waals surface area contributed by atoms with E-state index in [1.165, 1.54) is 46.2 Å². The molecule has 2 saturated heterocycles. The van der Waals surface area contributed by atoms with E-state index in [0.29, 0.717) is 12.1 Å². The van der Waals surface area contributed by atoms with Gasteiger partial charge in [-0.1, -0.05) is 24.3 Å². The van der Waals surface area contributed by atoms with Crippen molar-refractivity contribution in [3.63, 3.8) is 0 Å². The largest absolute Gasteiger partial charge is 0.341 e. The molecular formula is C27H28N6. The summed E-state index contributed by atoms with van der Waals surface area (Å²) >= 11 is 0. The van der Waals surface area contributed by atoms with Crippen LogP contribution in [0.2, 0.25) is 0 Å². The topological polar surface area (TPSA) is 81.4 Å². The van der Waals surface area contributed by atoms with Crippen LogP contribution in [0, 0.1) is 0 Å². The Labute approximate surface area is 193 Å². The molecule has 2 atom stereocenters. The summed E-state index contributed by atoms with van der Waals surface area (Å²) in [6, 6.07) is 14.4. The van der Waals surface area contributed by atoms with E-state index in [2.05, 4.69) is 67.0 Å². The van der Waals surface area contributed by atoms with Gasteiger partial charge in [0.2, 0.25) is 0 Å². The highest BCUT2D eigenvalue weighted by Gasteiger charge is 2.23. The third-order valence-corrected chi connectivity index (χ3v) is 7.48. The molecule has 0 spiro atoms. The molecule has 2 aliphatic heterocycles. The Morgan fingerprint density at radius 3 is 1.64 bits per heavy atom. The SMILES string of the molecule is c1cc2c(cc1-c1cnc([C@@H]3CCCN3)[nH]1)Cc1cc(-c3cnc([C@@H]4CCCN4)[nH]3)ccc1-2. The van der Waals surface area contributed by atoms with Gasteiger partial charge in [0, 0.05) is 0 Å². The number of nitrogens with zero attached hydrogens (tertiary/aromatic N) is 2. The van der Waals surface area contributed by atoms with Crippen LogP contribution in [0.5, 0.6) is 0 Å². The fraction of sp³-hybridized carbons (Fsp3) is 0.333. The third-order valence-electron chi connectivity index (χ3n) is 7.48. The molecule has 2 fully saturated rings. The zero-order chi connectivity index (χ0) is 21.8. The van der Waals surface area contributed by atoms with Crippen molar-refractivity contribution in [2.24, 2.45) is 0 Å². The van der Waals surface area contributed by atoms with Gasteiger partial charge in [0.15, 0.2) is 0 Å². The van der Waals surface area contributed by atoms with Crippen LogP contribution in [0.3, 0.4) is 0 Å². The van der Waals surface area contributed by atoms with E-state index >= 15 is 0 Å². The van der Waals surface area contributed by atoms with Gasteiger partial charge in [-0.15, -0.1) is 0 Å². The average molecular weight is 437 g/mol. The van der Waals surface area contributed by atoms with E-state index in [4.69, 9.17) is 0 Å². The van der Waals surface area contributed by atoms with Crippen molar-refractivity contribution in [2.45, 2.75) is 44.2 Å². The molecule has 2 aromatic carbocycles. The minimum Gasteiger partial charge on any atom is -0.341 e. The monoisotopic (exact) mass is 436 g/mol. The number of aromatic nitrogens is 4. The molecule has 0 amide bonds. The quantitative estimate of drug-likeness (QED) is 0.323. The first kappa shape index (κ1) is 19.3. The number of aromatic amines is 2. The second-order valence-electron chi connectivity index (χ2n) is 9.58. The van der Waals surface area contributed by atoms with Crippen LogP contribution < -0.4 is 10.6 Å². The molecule has 0 radical (unpaired) electrons. The maximum atomic E-state index is 4.65. The summed E-state index contributed by atoms with van der Waals surface area (Å²) in [5.41, 5.74) is 10.1. The van der Waals surface area contributed by atoms with Gasteiger partial charge in [0.25, 0.3) is 0 Å². The molecule has 4 heterocycles. The number of nitrogens with one attached hydrogen (secondary N) is 4. The number of imidazole rings is 2. The summed E-state index contributed by atoms with van der Waals surface area (Å²) in [5, 5.41) is 7.05. The van der Waals surface area contributed by atoms with Gasteiger partial charge in [0.05, 0.1) is 35.9 Å². The molecule has 33 heavy (non-hydrogen) atoms. The molecular weight excluding hydrogens is 408 g/mol. The van der Waals surface area contributed by atoms with E-state index in [0.717, 1.165) is 55.4 Å². The number of hydrogen-bond acceptors (Lipinski definition) is 4. The summed E-state index contributed by atoms with van der Waals surface area (Å²) in [6.07, 6.45) is 9.67. The minimum absolute atomic E-state index is 0.364. The molecule has 6 nitrogen and oxygen atoms in total. The van der Waals surface area contributed by atoms with Gasteiger partial charge in [-0.05, 0) is 90.7 Å². The second kappa shape index (κ2) is 7.68. The van der Waals surface area contributed by atoms with Crippen LogP contribution in [-0.4, -0.2) is 33.0 Å². The maximum absolute atomic E-state index is 4.65. The molecule has 166 valence electrons. The van der Waals surface area contributed by atoms with Crippen LogP contribution in [0.1, 0.15) is 60.5 Å². The van der Waals surface area contributed by atoms with Gasteiger partial charge in [0.1, 0.15) is 11.6 Å². The van der Waals surface area contributed by atoms with Gasteiger partial charge in [-0.3, -0.25) is 0 Å². The Morgan fingerprint density at radius 1 is 0.667 bits per heavy atom. The lowest BCUT2D eigenvalue weighted by Gasteiger charge is -2.07. The van der Waals surface area contributed by atoms with Crippen molar-refractivity contribution in [3.8, 4) is 33.6 Å². The normalized spacial score (nSPS) is 21.5. The first-order valence-electron chi connectivity index (χ1n) is 12.2. The van der Waals surface area contributed by atoms with Crippen molar-refractivity contribution < 1.29 is 0 Å². The highest BCUT2D eigenvalue weighted by Crippen LogP contribution is 2.40. The minimum atomic E-state index is 0.364. The Kier molecular flexibility index (Phi) is 4.48. The van der Waals surface area contributed by atoms with Crippen molar-refractivity contribution >= 4 is 0 Å². The van der Waals surface area contributed by atoms with E-state index in [1.807, 2.05) is 12.4 Å². The fourth-order valence-electron chi connectivity index (χ4n) is 5.70. The fourth-order valence-corrected chi connectivity index (χ4v) is 5.70. The van der Waals surface area contributed by atoms with E-state index < -0.39 is 0 Å². The number of fused-ring (bicyclic) bond motifs is 3. The molecule has 3 aliphatic rings. The molecule has 7 rings (SSSR count). The van der Waals surface area contributed by atoms with Crippen LogP contribution >= 0.6 is 0 Å². The summed E-state index contributed by atoms with van der Waals surface area (Å²) in [5.74, 6) is 2.12. The molecule has 0 unspecified atom stereocenters. The van der Waals surface area contributed by atoms with Gasteiger partial charge in [-0.2, -0.15) is 0 Å². The predicted octanol–water partition coefficient (Wildman–Crippen LogP) is 4.89. The standard InChI is InChI=1S/C27H28N6/c1-3-22(28-9-1)26-30-14-24(32-26)16-5-7-20-18(11-16)13-19-12-17(6-8-21(19)20)25-15-31-27(33-25)23-4-2-10-29-23/h5-8,11-12,14-15,22-23,28-29H,1-4,9-10,13H2,(H,30,32)(H,31,33)/t22-,23-/m0/s1. The zero-order valence-corrected chi connectivity index (χ0v) is 18.6. The lowest BCUT2D eigenvalue weighted by Crippen LogP contribution is -2.14. The number of hydrogen-bond donors (Lipinski definition) is 4. The van der Waals surface area contributed by atoms with Crippen LogP contribution in [0.25, 0.3) is 33.6 Å². The summed E-state index contributed by atoms with van der Waals surface area (Å²) in [6.45, 7) is 2.16. The van der Waals surface area contributed by atoms with Crippen LogP contribution in [0.15, 0.2) is 48.8 Å². The molecule has 0 saturated carbocycles. The molecule has 0 bridgehead atoms. The third kappa shape index (κ3) is 3.33. The van der Waals surface area contributed by atoms with Crippen molar-refractivity contribution in [1.82, 2.24) is 30.6 Å². The molecule has 2 aromatic heterocycles. The number of benzene rings is 2. The Morgan fingerprint density at radius 2 is 1.18 bits per heavy atom. The zero-order valence-electron chi connectivity index (χ0n) is 18.6. The second-order valence-corrected chi connectivity index (χ2v) is 9.58. The van der Waals surface area contributed by atoms with Gasteiger partial charge in [-0.25, -0.2) is 9.97 Å². The van der Waals surface area contributed by atoms with Crippen LogP contribution in [0.4, 0.5) is 0 Å². The lowest BCUT2D eigenvalue weighted by molar-refractivity contribution is 0.613. The maximum Gasteiger partial charge on any atom is 0.123 e. The summed E-state index contributed by atoms with van der Waals surface area (Å²) in [4.78, 5) is 16.4. The highest BCUT2D eigenvalue weighted by atomic mass is 15.0. The molecule has 4 aromatic rings. The first-order chi connectivity index (χ1) is 16.3. The first-order valence-corrected chi connectivity index (χ1v) is 12.2. The Bertz CT molecular complexity index is 1220. The van der Waals surface area contributed by atoms with E-state index in [-0.39, 0.29) is 0 Å². The Hall–Kier alpha value is -3.22. The molecule has 6 heteroatoms.